The van der Waals surface area contributed by atoms with Crippen LogP contribution in [-0.2, 0) is 14.3 Å². The van der Waals surface area contributed by atoms with Crippen LogP contribution in [-0.4, -0.2) is 48.6 Å². The molecule has 0 aromatic carbocycles. The van der Waals surface area contributed by atoms with Gasteiger partial charge in [0.05, 0.1) is 6.10 Å². The second-order valence-corrected chi connectivity index (χ2v) is 6.61. The maximum Gasteiger partial charge on any atom is 0.245 e. The molecule has 2 saturated heterocycles. The van der Waals surface area contributed by atoms with Gasteiger partial charge in [-0.05, 0) is 31.6 Å². The van der Waals surface area contributed by atoms with Gasteiger partial charge in [-0.25, -0.2) is 0 Å². The van der Waals surface area contributed by atoms with Gasteiger partial charge in [0.15, 0.2) is 0 Å². The number of hydrogen-bond acceptors (Lipinski definition) is 3. The first-order chi connectivity index (χ1) is 10.2. The number of carbonyl (C=O) groups excluding carboxylic acids is 2. The molecule has 0 aromatic rings. The topological polar surface area (TPSA) is 58.6 Å². The molecule has 3 rings (SSSR count). The molecule has 1 N–H and O–H groups in total. The zero-order chi connectivity index (χ0) is 14.7. The van der Waals surface area contributed by atoms with Crippen molar-refractivity contribution in [3.05, 3.63) is 0 Å². The molecule has 1 saturated carbocycles. The summed E-state index contributed by atoms with van der Waals surface area (Å²) in [5, 5.41) is 2.98. The fourth-order valence-corrected chi connectivity index (χ4v) is 3.85. The maximum atomic E-state index is 12.8. The molecule has 1 aliphatic carbocycles. The van der Waals surface area contributed by atoms with Crippen molar-refractivity contribution < 1.29 is 14.3 Å². The Balaban J connectivity index is 1.68. The largest absolute Gasteiger partial charge is 0.376 e. The Morgan fingerprint density at radius 2 is 1.90 bits per heavy atom. The number of amides is 2. The van der Waals surface area contributed by atoms with E-state index in [1.165, 1.54) is 19.3 Å². The molecule has 2 atom stereocenters. The van der Waals surface area contributed by atoms with Gasteiger partial charge in [-0.15, -0.1) is 0 Å². The summed E-state index contributed by atoms with van der Waals surface area (Å²) in [6.45, 7) is 1.99. The van der Waals surface area contributed by atoms with E-state index in [0.717, 1.165) is 32.3 Å². The van der Waals surface area contributed by atoms with E-state index in [-0.39, 0.29) is 24.0 Å². The van der Waals surface area contributed by atoms with Crippen LogP contribution in [0.2, 0.25) is 0 Å². The van der Waals surface area contributed by atoms with Gasteiger partial charge in [-0.1, -0.05) is 19.3 Å². The van der Waals surface area contributed by atoms with Crippen LogP contribution < -0.4 is 5.32 Å². The highest BCUT2D eigenvalue weighted by atomic mass is 16.5. The third-order valence-corrected chi connectivity index (χ3v) is 5.07. The number of nitrogens with zero attached hydrogens (tertiary/aromatic N) is 1. The molecule has 118 valence electrons. The van der Waals surface area contributed by atoms with E-state index in [1.54, 1.807) is 0 Å². The van der Waals surface area contributed by atoms with Gasteiger partial charge in [0.25, 0.3) is 0 Å². The number of rotatable bonds is 3. The van der Waals surface area contributed by atoms with Crippen molar-refractivity contribution in [3.8, 4) is 0 Å². The minimum Gasteiger partial charge on any atom is -0.376 e. The number of hydrogen-bond donors (Lipinski definition) is 1. The highest BCUT2D eigenvalue weighted by Gasteiger charge is 2.37. The lowest BCUT2D eigenvalue weighted by molar-refractivity contribution is -0.136. The first kappa shape index (κ1) is 14.8. The second-order valence-electron chi connectivity index (χ2n) is 6.61. The molecule has 3 aliphatic rings. The molecule has 0 bridgehead atoms. The summed E-state index contributed by atoms with van der Waals surface area (Å²) in [5.74, 6) is 0.456. The quantitative estimate of drug-likeness (QED) is 0.857. The minimum absolute atomic E-state index is 0.0220. The Hall–Kier alpha value is -1.10. The third kappa shape index (κ3) is 3.57. The van der Waals surface area contributed by atoms with Crippen molar-refractivity contribution in [1.82, 2.24) is 10.2 Å². The van der Waals surface area contributed by atoms with Crippen LogP contribution >= 0.6 is 0 Å². The fourth-order valence-electron chi connectivity index (χ4n) is 3.85. The smallest absolute Gasteiger partial charge is 0.245 e. The molecule has 2 heterocycles. The summed E-state index contributed by atoms with van der Waals surface area (Å²) in [4.78, 5) is 26.6. The van der Waals surface area contributed by atoms with Crippen molar-refractivity contribution in [2.45, 2.75) is 63.5 Å². The van der Waals surface area contributed by atoms with Crippen LogP contribution in [0.5, 0.6) is 0 Å². The van der Waals surface area contributed by atoms with Crippen LogP contribution in [0, 0.1) is 5.92 Å². The lowest BCUT2D eigenvalue weighted by atomic mass is 9.83. The molecule has 2 aliphatic heterocycles. The SMILES string of the molecule is O=C1CCN(CC2CCCO2)C(=O)C(C2CCCCC2)N1. The Bertz CT molecular complexity index is 387. The highest BCUT2D eigenvalue weighted by Crippen LogP contribution is 2.28. The monoisotopic (exact) mass is 294 g/mol. The standard InChI is InChI=1S/C16H26N2O3/c19-14-8-9-18(11-13-7-4-10-21-13)16(20)15(17-14)12-5-2-1-3-6-12/h12-13,15H,1-11H2,(H,17,19). The predicted molar refractivity (Wildman–Crippen MR) is 78.7 cm³/mol. The van der Waals surface area contributed by atoms with Crippen molar-refractivity contribution in [1.29, 1.82) is 0 Å². The van der Waals surface area contributed by atoms with Gasteiger partial charge in [0.2, 0.25) is 11.8 Å². The third-order valence-electron chi connectivity index (χ3n) is 5.07. The van der Waals surface area contributed by atoms with Crippen molar-refractivity contribution in [2.24, 2.45) is 5.92 Å². The van der Waals surface area contributed by atoms with Crippen LogP contribution in [0.25, 0.3) is 0 Å². The Morgan fingerprint density at radius 3 is 2.62 bits per heavy atom. The first-order valence-corrected chi connectivity index (χ1v) is 8.44. The Morgan fingerprint density at radius 1 is 1.10 bits per heavy atom. The van der Waals surface area contributed by atoms with Crippen LogP contribution in [0.3, 0.4) is 0 Å². The Kier molecular flexibility index (Phi) is 4.78. The predicted octanol–water partition coefficient (Wildman–Crippen LogP) is 1.46. The molecule has 21 heavy (non-hydrogen) atoms. The summed E-state index contributed by atoms with van der Waals surface area (Å²) in [5.41, 5.74) is 0. The van der Waals surface area contributed by atoms with Gasteiger partial charge in [-0.3, -0.25) is 9.59 Å². The maximum absolute atomic E-state index is 12.8. The summed E-state index contributed by atoms with van der Waals surface area (Å²) in [6, 6.07) is -0.304. The molecular weight excluding hydrogens is 268 g/mol. The molecule has 5 heteroatoms. The average Bonchev–Trinajstić information content (AvgIpc) is 2.97. The average molecular weight is 294 g/mol. The Labute approximate surface area is 126 Å². The van der Waals surface area contributed by atoms with E-state index in [4.69, 9.17) is 4.74 Å². The van der Waals surface area contributed by atoms with E-state index >= 15 is 0 Å². The molecular formula is C16H26N2O3. The summed E-state index contributed by atoms with van der Waals surface area (Å²) in [6.07, 6.45) is 8.41. The zero-order valence-corrected chi connectivity index (χ0v) is 12.7. The molecule has 0 aromatic heterocycles. The fraction of sp³-hybridized carbons (Fsp3) is 0.875. The van der Waals surface area contributed by atoms with E-state index in [1.807, 2.05) is 4.90 Å². The molecule has 2 unspecified atom stereocenters. The minimum atomic E-state index is -0.304. The lowest BCUT2D eigenvalue weighted by Gasteiger charge is -2.32. The molecule has 0 radical (unpaired) electrons. The first-order valence-electron chi connectivity index (χ1n) is 8.44. The van der Waals surface area contributed by atoms with Crippen LogP contribution in [0.4, 0.5) is 0 Å². The van der Waals surface area contributed by atoms with Gasteiger partial charge in [-0.2, -0.15) is 0 Å². The second kappa shape index (κ2) is 6.77. The van der Waals surface area contributed by atoms with Gasteiger partial charge >= 0.3 is 0 Å². The summed E-state index contributed by atoms with van der Waals surface area (Å²) >= 11 is 0. The molecule has 3 fully saturated rings. The lowest BCUT2D eigenvalue weighted by Crippen LogP contribution is -2.50. The number of nitrogens with one attached hydrogen (secondary N) is 1. The van der Waals surface area contributed by atoms with E-state index < -0.39 is 0 Å². The van der Waals surface area contributed by atoms with Crippen LogP contribution in [0.15, 0.2) is 0 Å². The summed E-state index contributed by atoms with van der Waals surface area (Å²) in [7, 11) is 0. The van der Waals surface area contributed by atoms with Gasteiger partial charge < -0.3 is 15.0 Å². The van der Waals surface area contributed by atoms with Crippen LogP contribution in [0.1, 0.15) is 51.4 Å². The van der Waals surface area contributed by atoms with Gasteiger partial charge in [0, 0.05) is 26.1 Å². The van der Waals surface area contributed by atoms with Crippen molar-refractivity contribution >= 4 is 11.8 Å². The molecule has 5 nitrogen and oxygen atoms in total. The number of carbonyl (C=O) groups is 2. The van der Waals surface area contributed by atoms with E-state index in [9.17, 15) is 9.59 Å². The normalized spacial score (nSPS) is 32.1. The van der Waals surface area contributed by atoms with Crippen molar-refractivity contribution in [2.75, 3.05) is 19.7 Å². The summed E-state index contributed by atoms with van der Waals surface area (Å²) < 4.78 is 5.65. The van der Waals surface area contributed by atoms with E-state index in [2.05, 4.69) is 5.32 Å². The highest BCUT2D eigenvalue weighted by molar-refractivity contribution is 5.90. The van der Waals surface area contributed by atoms with Crippen molar-refractivity contribution in [3.63, 3.8) is 0 Å². The van der Waals surface area contributed by atoms with E-state index in [0.29, 0.717) is 25.4 Å². The number of ether oxygens (including phenoxy) is 1. The molecule has 0 spiro atoms. The molecule has 2 amide bonds. The zero-order valence-electron chi connectivity index (χ0n) is 12.7. The van der Waals surface area contributed by atoms with Gasteiger partial charge in [0.1, 0.15) is 6.04 Å².